The minimum Gasteiger partial charge on any atom is -0.352 e. The number of aromatic amines is 1. The molecule has 0 spiro atoms. The predicted molar refractivity (Wildman–Crippen MR) is 65.2 cm³/mol. The number of carbonyl (C=O) groups is 1. The Hall–Kier alpha value is -2.17. The molecule has 1 amide bonds. The number of carbonyl (C=O) groups excluding carboxylic acids is 1. The van der Waals surface area contributed by atoms with Gasteiger partial charge in [0.15, 0.2) is 0 Å². The molecule has 0 bridgehead atoms. The number of hydrogen-bond acceptors (Lipinski definition) is 2. The van der Waals surface area contributed by atoms with E-state index in [0.29, 0.717) is 19.4 Å². The Morgan fingerprint density at radius 2 is 2.06 bits per heavy atom. The molecule has 0 fully saturated rings. The Bertz CT molecular complexity index is 493. The number of H-pyrrole nitrogens is 1. The number of aryl methyl sites for hydroxylation is 1. The molecule has 0 aliphatic carbocycles. The Balaban J connectivity index is 1.73. The van der Waals surface area contributed by atoms with E-state index in [1.54, 1.807) is 24.5 Å². The minimum atomic E-state index is -0.261. The fraction of sp³-hybridized carbons (Fsp3) is 0.231. The molecule has 0 unspecified atom stereocenters. The number of benzene rings is 1. The summed E-state index contributed by atoms with van der Waals surface area (Å²) in [7, 11) is 0. The van der Waals surface area contributed by atoms with Gasteiger partial charge in [0, 0.05) is 24.7 Å². The first-order chi connectivity index (χ1) is 8.74. The number of rotatable bonds is 5. The van der Waals surface area contributed by atoms with Crippen molar-refractivity contribution < 1.29 is 9.18 Å². The van der Waals surface area contributed by atoms with Gasteiger partial charge in [-0.05, 0) is 24.1 Å². The van der Waals surface area contributed by atoms with Crippen LogP contribution in [0.1, 0.15) is 17.5 Å². The van der Waals surface area contributed by atoms with Crippen LogP contribution in [0, 0.1) is 5.82 Å². The highest BCUT2D eigenvalue weighted by Gasteiger charge is 2.03. The van der Waals surface area contributed by atoms with Crippen molar-refractivity contribution in [3.63, 3.8) is 0 Å². The van der Waals surface area contributed by atoms with Crippen molar-refractivity contribution >= 4 is 5.91 Å². The van der Waals surface area contributed by atoms with E-state index in [9.17, 15) is 9.18 Å². The maximum atomic E-state index is 12.7. The van der Waals surface area contributed by atoms with Gasteiger partial charge in [0.1, 0.15) is 5.82 Å². The molecule has 0 aliphatic rings. The lowest BCUT2D eigenvalue weighted by Crippen LogP contribution is -2.22. The Morgan fingerprint density at radius 1 is 1.28 bits per heavy atom. The second kappa shape index (κ2) is 5.95. The average Bonchev–Trinajstić information content (AvgIpc) is 2.89. The number of aromatic nitrogens is 2. The van der Waals surface area contributed by atoms with E-state index in [-0.39, 0.29) is 11.7 Å². The normalized spacial score (nSPS) is 10.3. The zero-order valence-electron chi connectivity index (χ0n) is 9.82. The lowest BCUT2D eigenvalue weighted by molar-refractivity contribution is -0.121. The maximum absolute atomic E-state index is 12.7. The topological polar surface area (TPSA) is 57.8 Å². The highest BCUT2D eigenvalue weighted by molar-refractivity contribution is 5.76. The highest BCUT2D eigenvalue weighted by Crippen LogP contribution is 2.05. The molecule has 1 heterocycles. The van der Waals surface area contributed by atoms with Crippen molar-refractivity contribution in [3.8, 4) is 0 Å². The summed E-state index contributed by atoms with van der Waals surface area (Å²) in [4.78, 5) is 11.6. The van der Waals surface area contributed by atoms with Crippen LogP contribution in [0.5, 0.6) is 0 Å². The van der Waals surface area contributed by atoms with Gasteiger partial charge in [0.05, 0.1) is 6.20 Å². The lowest BCUT2D eigenvalue weighted by Gasteiger charge is -2.03. The van der Waals surface area contributed by atoms with Crippen LogP contribution in [0.3, 0.4) is 0 Å². The summed E-state index contributed by atoms with van der Waals surface area (Å²) >= 11 is 0. The molecule has 1 aromatic heterocycles. The van der Waals surface area contributed by atoms with Crippen LogP contribution in [-0.4, -0.2) is 16.1 Å². The first-order valence-corrected chi connectivity index (χ1v) is 5.73. The number of nitrogens with one attached hydrogen (secondary N) is 2. The first kappa shape index (κ1) is 12.3. The van der Waals surface area contributed by atoms with Crippen molar-refractivity contribution in [2.45, 2.75) is 19.4 Å². The second-order valence-corrected chi connectivity index (χ2v) is 4.01. The molecule has 94 valence electrons. The third-order valence-corrected chi connectivity index (χ3v) is 2.60. The molecular formula is C13H14FN3O. The van der Waals surface area contributed by atoms with Gasteiger partial charge in [-0.1, -0.05) is 12.1 Å². The Kier molecular flexibility index (Phi) is 4.06. The lowest BCUT2D eigenvalue weighted by atomic mass is 10.1. The summed E-state index contributed by atoms with van der Waals surface area (Å²) in [5.41, 5.74) is 1.89. The SMILES string of the molecule is O=C(CCc1ccc(F)cc1)NCc1cn[nH]c1. The molecule has 2 rings (SSSR count). The second-order valence-electron chi connectivity index (χ2n) is 4.01. The Labute approximate surface area is 104 Å². The van der Waals surface area contributed by atoms with E-state index < -0.39 is 0 Å². The smallest absolute Gasteiger partial charge is 0.220 e. The number of amides is 1. The van der Waals surface area contributed by atoms with Crippen LogP contribution in [0.2, 0.25) is 0 Å². The molecule has 0 atom stereocenters. The van der Waals surface area contributed by atoms with Crippen LogP contribution < -0.4 is 5.32 Å². The van der Waals surface area contributed by atoms with Crippen molar-refractivity contribution in [2.24, 2.45) is 0 Å². The van der Waals surface area contributed by atoms with E-state index in [1.165, 1.54) is 12.1 Å². The molecule has 4 nitrogen and oxygen atoms in total. The van der Waals surface area contributed by atoms with Gasteiger partial charge < -0.3 is 5.32 Å². The number of hydrogen-bond donors (Lipinski definition) is 2. The highest BCUT2D eigenvalue weighted by atomic mass is 19.1. The van der Waals surface area contributed by atoms with Crippen molar-refractivity contribution in [2.75, 3.05) is 0 Å². The van der Waals surface area contributed by atoms with Gasteiger partial charge in [-0.15, -0.1) is 0 Å². The quantitative estimate of drug-likeness (QED) is 0.846. The summed E-state index contributed by atoms with van der Waals surface area (Å²) in [6.45, 7) is 0.471. The monoisotopic (exact) mass is 247 g/mol. The van der Waals surface area contributed by atoms with Crippen LogP contribution >= 0.6 is 0 Å². The number of nitrogens with zero attached hydrogens (tertiary/aromatic N) is 1. The van der Waals surface area contributed by atoms with Crippen molar-refractivity contribution in [1.82, 2.24) is 15.5 Å². The van der Waals surface area contributed by atoms with Gasteiger partial charge >= 0.3 is 0 Å². The fourth-order valence-electron chi connectivity index (χ4n) is 1.57. The molecule has 2 aromatic rings. The zero-order valence-corrected chi connectivity index (χ0v) is 9.82. The van der Waals surface area contributed by atoms with Crippen LogP contribution in [0.15, 0.2) is 36.7 Å². The number of halogens is 1. The van der Waals surface area contributed by atoms with E-state index >= 15 is 0 Å². The maximum Gasteiger partial charge on any atom is 0.220 e. The third-order valence-electron chi connectivity index (χ3n) is 2.60. The van der Waals surface area contributed by atoms with E-state index in [0.717, 1.165) is 11.1 Å². The summed E-state index contributed by atoms with van der Waals surface area (Å²) in [5, 5.41) is 9.26. The fourth-order valence-corrected chi connectivity index (χ4v) is 1.57. The molecule has 5 heteroatoms. The predicted octanol–water partition coefficient (Wildman–Crippen LogP) is 1.80. The third kappa shape index (κ3) is 3.69. The molecule has 18 heavy (non-hydrogen) atoms. The van der Waals surface area contributed by atoms with E-state index in [4.69, 9.17) is 0 Å². The average molecular weight is 247 g/mol. The van der Waals surface area contributed by atoms with E-state index in [2.05, 4.69) is 15.5 Å². The first-order valence-electron chi connectivity index (χ1n) is 5.73. The van der Waals surface area contributed by atoms with Gasteiger partial charge in [-0.2, -0.15) is 5.10 Å². The van der Waals surface area contributed by atoms with Gasteiger partial charge in [0.25, 0.3) is 0 Å². The molecule has 0 saturated carbocycles. The Morgan fingerprint density at radius 3 is 2.72 bits per heavy atom. The summed E-state index contributed by atoms with van der Waals surface area (Å²) < 4.78 is 12.7. The summed E-state index contributed by atoms with van der Waals surface area (Å²) in [6.07, 6.45) is 4.40. The van der Waals surface area contributed by atoms with Crippen LogP contribution in [0.25, 0.3) is 0 Å². The molecule has 2 N–H and O–H groups in total. The molecule has 0 radical (unpaired) electrons. The largest absolute Gasteiger partial charge is 0.352 e. The van der Waals surface area contributed by atoms with Gasteiger partial charge in [-0.25, -0.2) is 4.39 Å². The van der Waals surface area contributed by atoms with Crippen LogP contribution in [0.4, 0.5) is 4.39 Å². The molecule has 0 aliphatic heterocycles. The minimum absolute atomic E-state index is 0.0273. The zero-order chi connectivity index (χ0) is 12.8. The molecular weight excluding hydrogens is 233 g/mol. The summed E-state index contributed by atoms with van der Waals surface area (Å²) in [5.74, 6) is -0.288. The standard InChI is InChI=1S/C13H14FN3O/c14-12-4-1-10(2-5-12)3-6-13(18)15-7-11-8-16-17-9-11/h1-2,4-5,8-9H,3,6-7H2,(H,15,18)(H,16,17). The van der Waals surface area contributed by atoms with Crippen molar-refractivity contribution in [1.29, 1.82) is 0 Å². The molecule has 0 saturated heterocycles. The van der Waals surface area contributed by atoms with Crippen molar-refractivity contribution in [3.05, 3.63) is 53.6 Å². The molecule has 1 aromatic carbocycles. The summed E-state index contributed by atoms with van der Waals surface area (Å²) in [6, 6.07) is 6.19. The van der Waals surface area contributed by atoms with E-state index in [1.807, 2.05) is 0 Å². The van der Waals surface area contributed by atoms with Crippen LogP contribution in [-0.2, 0) is 17.8 Å². The van der Waals surface area contributed by atoms with Gasteiger partial charge in [0.2, 0.25) is 5.91 Å². The van der Waals surface area contributed by atoms with Gasteiger partial charge in [-0.3, -0.25) is 9.89 Å².